The molecule has 1 aromatic heterocycles. The molecule has 122 valence electrons. The van der Waals surface area contributed by atoms with E-state index in [0.717, 1.165) is 25.9 Å². The largest absolute Gasteiger partial charge is 0.378 e. The third-order valence-corrected chi connectivity index (χ3v) is 3.70. The van der Waals surface area contributed by atoms with Crippen LogP contribution in [0.3, 0.4) is 0 Å². The molecule has 8 nitrogen and oxygen atoms in total. The van der Waals surface area contributed by atoms with Crippen LogP contribution in [0.25, 0.3) is 0 Å². The first-order valence-corrected chi connectivity index (χ1v) is 7.69. The Kier molecular flexibility index (Phi) is 4.99. The van der Waals surface area contributed by atoms with Crippen molar-refractivity contribution < 1.29 is 4.92 Å². The second kappa shape index (κ2) is 6.76. The van der Waals surface area contributed by atoms with Crippen molar-refractivity contribution in [3.8, 4) is 0 Å². The van der Waals surface area contributed by atoms with Gasteiger partial charge in [0.15, 0.2) is 0 Å². The monoisotopic (exact) mass is 308 g/mol. The summed E-state index contributed by atoms with van der Waals surface area (Å²) in [6.45, 7) is 8.46. The summed E-state index contributed by atoms with van der Waals surface area (Å²) < 4.78 is 0. The summed E-state index contributed by atoms with van der Waals surface area (Å²) in [7, 11) is 0. The molecule has 0 aliphatic carbocycles. The van der Waals surface area contributed by atoms with Crippen LogP contribution in [0.1, 0.15) is 33.6 Å². The Morgan fingerprint density at radius 2 is 2.23 bits per heavy atom. The van der Waals surface area contributed by atoms with E-state index >= 15 is 0 Å². The van der Waals surface area contributed by atoms with Crippen molar-refractivity contribution in [2.45, 2.75) is 33.6 Å². The van der Waals surface area contributed by atoms with Crippen molar-refractivity contribution in [3.05, 3.63) is 10.1 Å². The average molecular weight is 308 g/mol. The minimum absolute atomic E-state index is 0.0838. The number of nitrogen functional groups attached to an aromatic ring is 1. The minimum atomic E-state index is -0.490. The fourth-order valence-electron chi connectivity index (χ4n) is 2.61. The topological polar surface area (TPSA) is 110 Å². The third kappa shape index (κ3) is 3.75. The number of hydrogen-bond acceptors (Lipinski definition) is 7. The van der Waals surface area contributed by atoms with Gasteiger partial charge in [0.2, 0.25) is 17.6 Å². The number of nitrogens with one attached hydrogen (secondary N) is 1. The smallest absolute Gasteiger partial charge is 0.353 e. The molecule has 2 heterocycles. The molecule has 0 saturated carbocycles. The van der Waals surface area contributed by atoms with E-state index in [2.05, 4.69) is 36.1 Å². The molecule has 1 saturated heterocycles. The molecule has 1 fully saturated rings. The van der Waals surface area contributed by atoms with E-state index in [1.165, 1.54) is 0 Å². The van der Waals surface area contributed by atoms with E-state index in [0.29, 0.717) is 30.1 Å². The molecule has 0 unspecified atom stereocenters. The van der Waals surface area contributed by atoms with E-state index in [4.69, 9.17) is 5.73 Å². The summed E-state index contributed by atoms with van der Waals surface area (Å²) in [6.07, 6.45) is 2.13. The normalized spacial score (nSPS) is 18.5. The molecule has 1 aromatic rings. The van der Waals surface area contributed by atoms with Gasteiger partial charge in [-0.3, -0.25) is 10.1 Å². The van der Waals surface area contributed by atoms with Gasteiger partial charge in [-0.1, -0.05) is 20.8 Å². The number of anilines is 3. The lowest BCUT2D eigenvalue weighted by Crippen LogP contribution is -2.35. The summed E-state index contributed by atoms with van der Waals surface area (Å²) in [6, 6.07) is 0. The zero-order valence-corrected chi connectivity index (χ0v) is 13.4. The molecule has 1 atom stereocenters. The van der Waals surface area contributed by atoms with Crippen molar-refractivity contribution in [1.29, 1.82) is 0 Å². The maximum absolute atomic E-state index is 11.3. The Hall–Kier alpha value is -2.12. The quantitative estimate of drug-likeness (QED) is 0.634. The fourth-order valence-corrected chi connectivity index (χ4v) is 2.61. The van der Waals surface area contributed by atoms with Crippen LogP contribution in [-0.2, 0) is 0 Å². The molecule has 1 aliphatic heterocycles. The number of rotatable bonds is 5. The number of hydrogen-bond donors (Lipinski definition) is 2. The van der Waals surface area contributed by atoms with Crippen LogP contribution in [0.5, 0.6) is 0 Å². The van der Waals surface area contributed by atoms with Gasteiger partial charge in [0.25, 0.3) is 0 Å². The lowest BCUT2D eigenvalue weighted by molar-refractivity contribution is -0.383. The van der Waals surface area contributed by atoms with Gasteiger partial charge in [-0.25, -0.2) is 0 Å². The fraction of sp³-hybridized carbons (Fsp3) is 0.714. The van der Waals surface area contributed by atoms with E-state index < -0.39 is 4.92 Å². The zero-order valence-electron chi connectivity index (χ0n) is 13.4. The first-order valence-electron chi connectivity index (χ1n) is 7.69. The van der Waals surface area contributed by atoms with Crippen molar-refractivity contribution in [2.75, 3.05) is 35.6 Å². The Morgan fingerprint density at radius 1 is 1.50 bits per heavy atom. The van der Waals surface area contributed by atoms with Crippen LogP contribution >= 0.6 is 0 Å². The zero-order chi connectivity index (χ0) is 16.3. The van der Waals surface area contributed by atoms with Crippen LogP contribution in [0.4, 0.5) is 23.3 Å². The standard InChI is InChI=1S/C14H24N6O2/c1-9(2)7-16-14-17-12(15)11(20(21)22)13(18-14)19-6-4-5-10(3)8-19/h9-10H,4-8H2,1-3H3,(H3,15,16,17,18)/t10-/m0/s1. The second-order valence-electron chi connectivity index (χ2n) is 6.33. The van der Waals surface area contributed by atoms with Crippen LogP contribution in [0, 0.1) is 22.0 Å². The van der Waals surface area contributed by atoms with Gasteiger partial charge in [-0.05, 0) is 24.7 Å². The highest BCUT2D eigenvalue weighted by molar-refractivity contribution is 5.71. The van der Waals surface area contributed by atoms with Gasteiger partial charge >= 0.3 is 5.69 Å². The molecule has 8 heteroatoms. The first kappa shape index (κ1) is 16.3. The Balaban J connectivity index is 2.36. The molecule has 3 N–H and O–H groups in total. The molecule has 1 aliphatic rings. The number of nitrogens with two attached hydrogens (primary N) is 1. The second-order valence-corrected chi connectivity index (χ2v) is 6.33. The SMILES string of the molecule is CC(C)CNc1nc(N)c([N+](=O)[O-])c(N2CCC[C@H](C)C2)n1. The first-order chi connectivity index (χ1) is 10.4. The Labute approximate surface area is 130 Å². The van der Waals surface area contributed by atoms with Crippen molar-refractivity contribution in [2.24, 2.45) is 11.8 Å². The molecule has 22 heavy (non-hydrogen) atoms. The van der Waals surface area contributed by atoms with Crippen LogP contribution in [0.2, 0.25) is 0 Å². The van der Waals surface area contributed by atoms with Gasteiger partial charge in [0.1, 0.15) is 0 Å². The summed E-state index contributed by atoms with van der Waals surface area (Å²) >= 11 is 0. The number of aromatic nitrogens is 2. The third-order valence-electron chi connectivity index (χ3n) is 3.70. The number of nitro groups is 1. The average Bonchev–Trinajstić information content (AvgIpc) is 2.44. The Morgan fingerprint density at radius 3 is 2.82 bits per heavy atom. The molecule has 0 amide bonds. The van der Waals surface area contributed by atoms with Gasteiger partial charge in [-0.2, -0.15) is 9.97 Å². The van der Waals surface area contributed by atoms with Gasteiger partial charge < -0.3 is 16.0 Å². The number of nitrogens with zero attached hydrogens (tertiary/aromatic N) is 4. The maximum atomic E-state index is 11.3. The summed E-state index contributed by atoms with van der Waals surface area (Å²) in [5.74, 6) is 1.50. The summed E-state index contributed by atoms with van der Waals surface area (Å²) in [5.41, 5.74) is 5.62. The lowest BCUT2D eigenvalue weighted by atomic mass is 10.0. The molecular weight excluding hydrogens is 284 g/mol. The van der Waals surface area contributed by atoms with Gasteiger partial charge in [0.05, 0.1) is 4.92 Å². The van der Waals surface area contributed by atoms with Crippen molar-refractivity contribution >= 4 is 23.3 Å². The molecular formula is C14H24N6O2. The van der Waals surface area contributed by atoms with Gasteiger partial charge in [-0.15, -0.1) is 0 Å². The van der Waals surface area contributed by atoms with Crippen molar-refractivity contribution in [3.63, 3.8) is 0 Å². The highest BCUT2D eigenvalue weighted by atomic mass is 16.6. The van der Waals surface area contributed by atoms with E-state index in [1.54, 1.807) is 0 Å². The molecule has 0 bridgehead atoms. The van der Waals surface area contributed by atoms with Crippen molar-refractivity contribution in [1.82, 2.24) is 9.97 Å². The lowest BCUT2D eigenvalue weighted by Gasteiger charge is -2.31. The van der Waals surface area contributed by atoms with Crippen LogP contribution < -0.4 is 16.0 Å². The molecule has 0 radical (unpaired) electrons. The number of piperidine rings is 1. The van der Waals surface area contributed by atoms with Gasteiger partial charge in [0, 0.05) is 19.6 Å². The predicted molar refractivity (Wildman–Crippen MR) is 87.0 cm³/mol. The van der Waals surface area contributed by atoms with E-state index in [9.17, 15) is 10.1 Å². The maximum Gasteiger partial charge on any atom is 0.353 e. The van der Waals surface area contributed by atoms with Crippen LogP contribution in [-0.4, -0.2) is 34.5 Å². The van der Waals surface area contributed by atoms with E-state index in [-0.39, 0.29) is 11.5 Å². The van der Waals surface area contributed by atoms with E-state index in [1.807, 2.05) is 4.90 Å². The molecule has 0 aromatic carbocycles. The Bertz CT molecular complexity index is 548. The molecule has 2 rings (SSSR count). The summed E-state index contributed by atoms with van der Waals surface area (Å²) in [5, 5.41) is 14.4. The highest BCUT2D eigenvalue weighted by Gasteiger charge is 2.29. The predicted octanol–water partition coefficient (Wildman–Crippen LogP) is 2.27. The van der Waals surface area contributed by atoms with Crippen LogP contribution in [0.15, 0.2) is 0 Å². The molecule has 0 spiro atoms. The minimum Gasteiger partial charge on any atom is -0.378 e. The summed E-state index contributed by atoms with van der Waals surface area (Å²) in [4.78, 5) is 21.2. The highest BCUT2D eigenvalue weighted by Crippen LogP contribution is 2.34.